The minimum absolute atomic E-state index is 0.101. The molecule has 1 N–H and O–H groups in total. The minimum Gasteiger partial charge on any atom is -0.347 e. The molecule has 0 unspecified atom stereocenters. The highest BCUT2D eigenvalue weighted by molar-refractivity contribution is 7.15. The van der Waals surface area contributed by atoms with Gasteiger partial charge >= 0.3 is 0 Å². The summed E-state index contributed by atoms with van der Waals surface area (Å²) in [6.45, 7) is 3.94. The molecule has 2 fully saturated rings. The van der Waals surface area contributed by atoms with Crippen molar-refractivity contribution >= 4 is 16.5 Å². The van der Waals surface area contributed by atoms with Crippen molar-refractivity contribution < 1.29 is 0 Å². The van der Waals surface area contributed by atoms with Crippen molar-refractivity contribution in [2.45, 2.75) is 56.8 Å². The number of aryl methyl sites for hydroxylation is 1. The van der Waals surface area contributed by atoms with Gasteiger partial charge < -0.3 is 9.88 Å². The number of piperidine rings is 1. The number of hydrogen-bond donors (Lipinski definition) is 1. The van der Waals surface area contributed by atoms with Gasteiger partial charge in [0.1, 0.15) is 10.8 Å². The molecule has 3 aliphatic rings. The number of H-pyrrole nitrogens is 1. The Balaban J connectivity index is 1.44. The second-order valence-electron chi connectivity index (χ2n) is 7.42. The Hall–Kier alpha value is -1.76. The Morgan fingerprint density at radius 1 is 1.21 bits per heavy atom. The largest absolute Gasteiger partial charge is 0.347 e. The van der Waals surface area contributed by atoms with E-state index in [9.17, 15) is 4.79 Å². The van der Waals surface area contributed by atoms with E-state index in [4.69, 9.17) is 4.98 Å². The fraction of sp³-hybridized carbons (Fsp3) is 0.647. The summed E-state index contributed by atoms with van der Waals surface area (Å²) in [6, 6.07) is 0. The van der Waals surface area contributed by atoms with Gasteiger partial charge in [-0.2, -0.15) is 0 Å². The lowest BCUT2D eigenvalue weighted by Crippen LogP contribution is -2.42. The van der Waals surface area contributed by atoms with Gasteiger partial charge in [0.2, 0.25) is 5.13 Å². The topological polar surface area (TPSA) is 74.8 Å². The van der Waals surface area contributed by atoms with E-state index in [0.29, 0.717) is 5.92 Å². The van der Waals surface area contributed by atoms with E-state index in [0.717, 1.165) is 66.0 Å². The third kappa shape index (κ3) is 2.21. The van der Waals surface area contributed by atoms with E-state index in [1.165, 1.54) is 12.8 Å². The van der Waals surface area contributed by atoms with Crippen LogP contribution in [0.3, 0.4) is 0 Å². The summed E-state index contributed by atoms with van der Waals surface area (Å²) < 4.78 is 0. The van der Waals surface area contributed by atoms with Crippen molar-refractivity contribution in [3.05, 3.63) is 32.4 Å². The monoisotopic (exact) mass is 343 g/mol. The first-order chi connectivity index (χ1) is 11.6. The average molecular weight is 343 g/mol. The first-order valence-electron chi connectivity index (χ1n) is 8.83. The van der Waals surface area contributed by atoms with Gasteiger partial charge in [-0.3, -0.25) is 4.79 Å². The molecule has 3 heterocycles. The van der Waals surface area contributed by atoms with Crippen LogP contribution in [0, 0.1) is 6.92 Å². The normalized spacial score (nSPS) is 22.1. The zero-order valence-electron chi connectivity index (χ0n) is 13.8. The summed E-state index contributed by atoms with van der Waals surface area (Å²) in [7, 11) is 0. The van der Waals surface area contributed by atoms with Gasteiger partial charge in [0, 0.05) is 30.0 Å². The van der Waals surface area contributed by atoms with Crippen LogP contribution < -0.4 is 10.5 Å². The lowest BCUT2D eigenvalue weighted by molar-refractivity contribution is 0.322. The standard InChI is InChI=1S/C17H21N5OS/c1-10-20-21-16(24-10)22-8-6-17(7-9-22)5-4-12-13(17)18-14(11-2-3-11)19-15(12)23/h11H,2-9H2,1H3,(H,18,19,23). The zero-order valence-corrected chi connectivity index (χ0v) is 14.7. The molecular weight excluding hydrogens is 322 g/mol. The second kappa shape index (κ2) is 5.12. The van der Waals surface area contributed by atoms with Gasteiger partial charge in [0.05, 0.1) is 5.69 Å². The number of anilines is 1. The van der Waals surface area contributed by atoms with Crippen LogP contribution in [0.2, 0.25) is 0 Å². The quantitative estimate of drug-likeness (QED) is 0.905. The maximum absolute atomic E-state index is 12.5. The van der Waals surface area contributed by atoms with Crippen molar-refractivity contribution in [3.63, 3.8) is 0 Å². The summed E-state index contributed by atoms with van der Waals surface area (Å²) >= 11 is 1.66. The Bertz CT molecular complexity index is 845. The molecule has 1 saturated carbocycles. The summed E-state index contributed by atoms with van der Waals surface area (Å²) in [6.07, 6.45) is 6.38. The van der Waals surface area contributed by atoms with Gasteiger partial charge in [0.25, 0.3) is 5.56 Å². The molecule has 7 heteroatoms. The first-order valence-corrected chi connectivity index (χ1v) is 9.65. The van der Waals surface area contributed by atoms with Crippen molar-refractivity contribution in [1.82, 2.24) is 20.2 Å². The van der Waals surface area contributed by atoms with E-state index < -0.39 is 0 Å². The van der Waals surface area contributed by atoms with Crippen LogP contribution in [0.1, 0.15) is 60.1 Å². The van der Waals surface area contributed by atoms with E-state index in [1.807, 2.05) is 6.92 Å². The van der Waals surface area contributed by atoms with Crippen LogP contribution in [0.5, 0.6) is 0 Å². The molecule has 6 nitrogen and oxygen atoms in total. The molecule has 0 radical (unpaired) electrons. The number of nitrogens with one attached hydrogen (secondary N) is 1. The van der Waals surface area contributed by atoms with Crippen molar-refractivity contribution in [2.75, 3.05) is 18.0 Å². The minimum atomic E-state index is 0.101. The van der Waals surface area contributed by atoms with E-state index >= 15 is 0 Å². The third-order valence-corrected chi connectivity index (χ3v) is 6.76. The number of nitrogens with zero attached hydrogens (tertiary/aromatic N) is 4. The van der Waals surface area contributed by atoms with Gasteiger partial charge in [0.15, 0.2) is 0 Å². The first kappa shape index (κ1) is 14.6. The summed E-state index contributed by atoms with van der Waals surface area (Å²) in [5.74, 6) is 1.42. The molecule has 1 aliphatic heterocycles. The molecule has 0 atom stereocenters. The van der Waals surface area contributed by atoms with Crippen molar-refractivity contribution in [2.24, 2.45) is 0 Å². The Morgan fingerprint density at radius 3 is 2.67 bits per heavy atom. The fourth-order valence-corrected chi connectivity index (χ4v) is 4.98. The van der Waals surface area contributed by atoms with Crippen LogP contribution in [0.15, 0.2) is 4.79 Å². The Labute approximate surface area is 144 Å². The number of fused-ring (bicyclic) bond motifs is 2. The van der Waals surface area contributed by atoms with Gasteiger partial charge in [-0.1, -0.05) is 11.3 Å². The van der Waals surface area contributed by atoms with Crippen LogP contribution in [0.4, 0.5) is 5.13 Å². The second-order valence-corrected chi connectivity index (χ2v) is 8.58. The van der Waals surface area contributed by atoms with Gasteiger partial charge in [-0.25, -0.2) is 4.98 Å². The predicted octanol–water partition coefficient (Wildman–Crippen LogP) is 2.29. The molecule has 5 rings (SSSR count). The molecule has 0 bridgehead atoms. The summed E-state index contributed by atoms with van der Waals surface area (Å²) in [5.41, 5.74) is 2.27. The van der Waals surface area contributed by atoms with Crippen molar-refractivity contribution in [3.8, 4) is 0 Å². The van der Waals surface area contributed by atoms with E-state index in [1.54, 1.807) is 11.3 Å². The fourth-order valence-electron chi connectivity index (χ4n) is 4.25. The predicted molar refractivity (Wildman–Crippen MR) is 92.9 cm³/mol. The van der Waals surface area contributed by atoms with E-state index in [2.05, 4.69) is 20.1 Å². The Morgan fingerprint density at radius 2 is 2.00 bits per heavy atom. The zero-order chi connectivity index (χ0) is 16.3. The average Bonchev–Trinajstić information content (AvgIpc) is 3.26. The van der Waals surface area contributed by atoms with Gasteiger partial charge in [-0.15, -0.1) is 10.2 Å². The highest BCUT2D eigenvalue weighted by atomic mass is 32.1. The molecular formula is C17H21N5OS. The maximum Gasteiger partial charge on any atom is 0.254 e. The molecule has 126 valence electrons. The number of aromatic amines is 1. The van der Waals surface area contributed by atoms with Crippen molar-refractivity contribution in [1.29, 1.82) is 0 Å². The third-order valence-electron chi connectivity index (χ3n) is 5.86. The summed E-state index contributed by atoms with van der Waals surface area (Å²) in [4.78, 5) is 22.8. The molecule has 1 saturated heterocycles. The SMILES string of the molecule is Cc1nnc(N2CCC3(CCc4c3nc(C3CC3)[nH]c4=O)CC2)s1. The Kier molecular flexibility index (Phi) is 3.11. The molecule has 2 aliphatic carbocycles. The highest BCUT2D eigenvalue weighted by Gasteiger charge is 2.45. The molecule has 1 spiro atoms. The van der Waals surface area contributed by atoms with Crippen LogP contribution in [-0.4, -0.2) is 33.3 Å². The molecule has 2 aromatic rings. The maximum atomic E-state index is 12.5. The lowest BCUT2D eigenvalue weighted by atomic mass is 9.76. The smallest absolute Gasteiger partial charge is 0.254 e. The highest BCUT2D eigenvalue weighted by Crippen LogP contribution is 2.46. The van der Waals surface area contributed by atoms with Crippen LogP contribution in [-0.2, 0) is 11.8 Å². The molecule has 0 aromatic carbocycles. The molecule has 24 heavy (non-hydrogen) atoms. The van der Waals surface area contributed by atoms with Crippen LogP contribution in [0.25, 0.3) is 0 Å². The number of hydrogen-bond acceptors (Lipinski definition) is 6. The lowest BCUT2D eigenvalue weighted by Gasteiger charge is -2.39. The van der Waals surface area contributed by atoms with Crippen LogP contribution >= 0.6 is 11.3 Å². The molecule has 2 aromatic heterocycles. The summed E-state index contributed by atoms with van der Waals surface area (Å²) in [5, 5.41) is 10.5. The number of rotatable bonds is 2. The van der Waals surface area contributed by atoms with E-state index in [-0.39, 0.29) is 11.0 Å². The number of aromatic nitrogens is 4. The van der Waals surface area contributed by atoms with Gasteiger partial charge in [-0.05, 0) is 45.4 Å². The molecule has 0 amide bonds.